The Labute approximate surface area is 198 Å². The zero-order chi connectivity index (χ0) is 25.9. The van der Waals surface area contributed by atoms with Gasteiger partial charge in [0.15, 0.2) is 0 Å². The van der Waals surface area contributed by atoms with Crippen molar-refractivity contribution in [2.24, 2.45) is 0 Å². The molecule has 0 unspecified atom stereocenters. The van der Waals surface area contributed by atoms with Crippen LogP contribution in [0.2, 0.25) is 0 Å². The first-order valence-corrected chi connectivity index (χ1v) is 10.8. The van der Waals surface area contributed by atoms with Crippen LogP contribution in [0.15, 0.2) is 42.7 Å². The number of pyridine rings is 2. The summed E-state index contributed by atoms with van der Waals surface area (Å²) in [4.78, 5) is 22.6. The summed E-state index contributed by atoms with van der Waals surface area (Å²) in [5.74, 6) is -0.0947. The maximum atomic E-state index is 13.3. The van der Waals surface area contributed by atoms with E-state index in [1.54, 1.807) is 32.9 Å². The van der Waals surface area contributed by atoms with Gasteiger partial charge in [0.25, 0.3) is 5.91 Å². The van der Waals surface area contributed by atoms with Crippen molar-refractivity contribution in [2.45, 2.75) is 46.8 Å². The maximum absolute atomic E-state index is 13.3. The predicted molar refractivity (Wildman–Crippen MR) is 125 cm³/mol. The second-order valence-electron chi connectivity index (χ2n) is 6.82. The number of aromatic nitrogens is 2. The van der Waals surface area contributed by atoms with Crippen LogP contribution in [0.4, 0.5) is 13.2 Å². The normalized spacial score (nSPS) is 11.9. The van der Waals surface area contributed by atoms with Gasteiger partial charge in [-0.1, -0.05) is 19.9 Å². The largest absolute Gasteiger partial charge is 0.481 e. The standard InChI is InChI=1S/C22H25F3N4O3.C2H6/c1-5-7-18(26)17-12-28-20(31-4)10-16(17)21(30)29(6-2)14(3)13-32-19-9-8-15(11-27-19)22(23,24)25;1-2/h5,7-12,14,26H,6,13H2,1-4H3;1-2H3/b7-5-,26-18?;/t14-;/m0./s1. The van der Waals surface area contributed by atoms with E-state index in [0.29, 0.717) is 18.3 Å². The number of likely N-dealkylation sites (N-methyl/N-ethyl adjacent to an activating group) is 1. The number of rotatable bonds is 9. The molecule has 2 rings (SSSR count). The van der Waals surface area contributed by atoms with Gasteiger partial charge < -0.3 is 19.8 Å². The van der Waals surface area contributed by atoms with Crippen LogP contribution in [-0.2, 0) is 6.18 Å². The molecule has 0 aromatic carbocycles. The summed E-state index contributed by atoms with van der Waals surface area (Å²) < 4.78 is 48.6. The minimum absolute atomic E-state index is 0.0157. The van der Waals surface area contributed by atoms with Crippen molar-refractivity contribution in [3.05, 3.63) is 59.4 Å². The van der Waals surface area contributed by atoms with Crippen LogP contribution in [0.25, 0.3) is 0 Å². The van der Waals surface area contributed by atoms with Crippen LogP contribution in [0.1, 0.15) is 56.1 Å². The smallest absolute Gasteiger partial charge is 0.417 e. The van der Waals surface area contributed by atoms with Crippen molar-refractivity contribution < 1.29 is 27.4 Å². The monoisotopic (exact) mass is 480 g/mol. The highest BCUT2D eigenvalue weighted by Crippen LogP contribution is 2.29. The Kier molecular flexibility index (Phi) is 11.2. The summed E-state index contributed by atoms with van der Waals surface area (Å²) in [6, 6.07) is 3.07. The highest BCUT2D eigenvalue weighted by molar-refractivity contribution is 6.13. The van der Waals surface area contributed by atoms with Crippen molar-refractivity contribution >= 4 is 11.6 Å². The van der Waals surface area contributed by atoms with E-state index in [4.69, 9.17) is 14.9 Å². The van der Waals surface area contributed by atoms with Gasteiger partial charge in [-0.3, -0.25) is 4.79 Å². The summed E-state index contributed by atoms with van der Waals surface area (Å²) in [5.41, 5.74) is -0.142. The Hall–Kier alpha value is -3.43. The van der Waals surface area contributed by atoms with Crippen molar-refractivity contribution in [1.82, 2.24) is 14.9 Å². The number of hydrogen-bond acceptors (Lipinski definition) is 6. The Bertz CT molecular complexity index is 976. The first-order valence-electron chi connectivity index (χ1n) is 10.8. The zero-order valence-electron chi connectivity index (χ0n) is 20.2. The lowest BCUT2D eigenvalue weighted by Gasteiger charge is -2.28. The average molecular weight is 481 g/mol. The van der Waals surface area contributed by atoms with Gasteiger partial charge in [0.2, 0.25) is 11.8 Å². The second kappa shape index (κ2) is 13.3. The summed E-state index contributed by atoms with van der Waals surface area (Å²) >= 11 is 0. The molecule has 0 bridgehead atoms. The number of ether oxygens (including phenoxy) is 2. The van der Waals surface area contributed by atoms with Gasteiger partial charge in [0, 0.05) is 36.6 Å². The number of alkyl halides is 3. The summed E-state index contributed by atoms with van der Waals surface area (Å²) in [6.07, 6.45) is 0.875. The molecule has 186 valence electrons. The van der Waals surface area contributed by atoms with Gasteiger partial charge in [-0.25, -0.2) is 9.97 Å². The molecule has 0 spiro atoms. The minimum Gasteiger partial charge on any atom is -0.481 e. The van der Waals surface area contributed by atoms with E-state index in [0.717, 1.165) is 12.1 Å². The van der Waals surface area contributed by atoms with Crippen LogP contribution >= 0.6 is 0 Å². The molecule has 34 heavy (non-hydrogen) atoms. The first kappa shape index (κ1) is 28.6. The third-order valence-corrected chi connectivity index (χ3v) is 4.61. The Balaban J connectivity index is 0.00000281. The molecule has 0 saturated heterocycles. The molecule has 1 atom stereocenters. The number of carbonyl (C=O) groups excluding carboxylic acids is 1. The molecule has 1 amide bonds. The Morgan fingerprint density at radius 3 is 2.32 bits per heavy atom. The van der Waals surface area contributed by atoms with Crippen LogP contribution in [0, 0.1) is 5.41 Å². The number of nitrogens with zero attached hydrogens (tertiary/aromatic N) is 3. The van der Waals surface area contributed by atoms with Gasteiger partial charge >= 0.3 is 6.18 Å². The highest BCUT2D eigenvalue weighted by Gasteiger charge is 2.31. The minimum atomic E-state index is -4.48. The van der Waals surface area contributed by atoms with Crippen molar-refractivity contribution in [3.8, 4) is 11.8 Å². The van der Waals surface area contributed by atoms with E-state index in [2.05, 4.69) is 9.97 Å². The van der Waals surface area contributed by atoms with Gasteiger partial charge in [0.1, 0.15) is 6.61 Å². The average Bonchev–Trinajstić information content (AvgIpc) is 2.83. The first-order chi connectivity index (χ1) is 16.1. The van der Waals surface area contributed by atoms with E-state index >= 15 is 0 Å². The SMILES string of the molecule is C/C=C\C(=N)c1cnc(OC)cc1C(=O)N(CC)[C@@H](C)COc1ccc(C(F)(F)F)cn1.CC. The molecule has 2 heterocycles. The fraction of sp³-hybridized carbons (Fsp3) is 0.417. The lowest BCUT2D eigenvalue weighted by molar-refractivity contribution is -0.137. The van der Waals surface area contributed by atoms with Gasteiger partial charge in [-0.15, -0.1) is 0 Å². The molecule has 0 saturated carbocycles. The van der Waals surface area contributed by atoms with E-state index in [1.165, 1.54) is 24.3 Å². The molecule has 10 heteroatoms. The number of allylic oxidation sites excluding steroid dienone is 2. The lowest BCUT2D eigenvalue weighted by atomic mass is 10.0. The second-order valence-corrected chi connectivity index (χ2v) is 6.82. The molecule has 0 aliphatic rings. The van der Waals surface area contributed by atoms with Crippen LogP contribution in [0.3, 0.4) is 0 Å². The molecule has 7 nitrogen and oxygen atoms in total. The number of halogens is 3. The number of methoxy groups -OCH3 is 1. The van der Waals surface area contributed by atoms with Crippen LogP contribution in [-0.4, -0.2) is 52.8 Å². The fourth-order valence-corrected chi connectivity index (χ4v) is 2.94. The highest BCUT2D eigenvalue weighted by atomic mass is 19.4. The summed E-state index contributed by atoms with van der Waals surface area (Å²) in [5, 5.41) is 8.20. The quantitative estimate of drug-likeness (QED) is 0.485. The molecule has 2 aromatic rings. The fourth-order valence-electron chi connectivity index (χ4n) is 2.94. The van der Waals surface area contributed by atoms with E-state index in [-0.39, 0.29) is 35.5 Å². The van der Waals surface area contributed by atoms with E-state index in [9.17, 15) is 18.0 Å². The zero-order valence-corrected chi connectivity index (χ0v) is 20.2. The van der Waals surface area contributed by atoms with Crippen molar-refractivity contribution in [3.63, 3.8) is 0 Å². The van der Waals surface area contributed by atoms with Gasteiger partial charge in [-0.2, -0.15) is 13.2 Å². The van der Waals surface area contributed by atoms with Gasteiger partial charge in [-0.05, 0) is 32.9 Å². The molecule has 1 N–H and O–H groups in total. The summed E-state index contributed by atoms with van der Waals surface area (Å²) in [7, 11) is 1.43. The number of hydrogen-bond donors (Lipinski definition) is 1. The van der Waals surface area contributed by atoms with E-state index < -0.39 is 17.8 Å². The van der Waals surface area contributed by atoms with E-state index in [1.807, 2.05) is 13.8 Å². The maximum Gasteiger partial charge on any atom is 0.417 e. The number of carbonyl (C=O) groups is 1. The van der Waals surface area contributed by atoms with Crippen molar-refractivity contribution in [2.75, 3.05) is 20.3 Å². The molecule has 0 radical (unpaired) electrons. The predicted octanol–water partition coefficient (Wildman–Crippen LogP) is 5.40. The van der Waals surface area contributed by atoms with Crippen molar-refractivity contribution in [1.29, 1.82) is 5.41 Å². The third-order valence-electron chi connectivity index (χ3n) is 4.61. The molecule has 2 aromatic heterocycles. The number of amides is 1. The topological polar surface area (TPSA) is 88.4 Å². The number of nitrogens with one attached hydrogen (secondary N) is 1. The van der Waals surface area contributed by atoms with Crippen LogP contribution in [0.5, 0.6) is 11.8 Å². The van der Waals surface area contributed by atoms with Gasteiger partial charge in [0.05, 0.1) is 30.0 Å². The third kappa shape index (κ3) is 7.57. The molecular formula is C24H31F3N4O3. The molecule has 0 fully saturated rings. The molecule has 0 aliphatic carbocycles. The van der Waals surface area contributed by atoms with Crippen LogP contribution < -0.4 is 9.47 Å². The Morgan fingerprint density at radius 2 is 1.82 bits per heavy atom. The summed E-state index contributed by atoms with van der Waals surface area (Å²) in [6.45, 7) is 9.66. The Morgan fingerprint density at radius 1 is 1.18 bits per heavy atom. The molecular weight excluding hydrogens is 449 g/mol. The molecule has 0 aliphatic heterocycles. The lowest BCUT2D eigenvalue weighted by Crippen LogP contribution is -2.42.